The van der Waals surface area contributed by atoms with Gasteiger partial charge >= 0.3 is 0 Å². The first-order valence-corrected chi connectivity index (χ1v) is 11.7. The Bertz CT molecular complexity index is 1430. The summed E-state index contributed by atoms with van der Waals surface area (Å²) >= 11 is 0. The number of nitrogens with one attached hydrogen (secondary N) is 5. The molecule has 38 heavy (non-hydrogen) atoms. The van der Waals surface area contributed by atoms with Gasteiger partial charge in [-0.15, -0.1) is 0 Å². The Hall–Kier alpha value is -4.85. The molecule has 4 rings (SSSR count). The number of epoxide rings is 1. The van der Waals surface area contributed by atoms with Gasteiger partial charge in [-0.2, -0.15) is 0 Å². The molecule has 3 aromatic heterocycles. The molecule has 0 aliphatic carbocycles. The van der Waals surface area contributed by atoms with Crippen molar-refractivity contribution in [3.8, 4) is 0 Å². The SMILES string of the molecule is Cn1cc(NC(=O)c2cc(NC(=O)c3cc(NC(=O)[C@H]4CO4)cn3C)cn2C)cc1C(=O)NCCC(=N)N. The van der Waals surface area contributed by atoms with Crippen molar-refractivity contribution >= 4 is 46.5 Å². The fraction of sp³-hybridized carbons (Fsp3) is 0.292. The van der Waals surface area contributed by atoms with Gasteiger partial charge in [-0.3, -0.25) is 24.6 Å². The first-order chi connectivity index (χ1) is 18.0. The van der Waals surface area contributed by atoms with E-state index in [9.17, 15) is 19.2 Å². The van der Waals surface area contributed by atoms with Crippen molar-refractivity contribution in [1.29, 1.82) is 5.41 Å². The number of amides is 4. The van der Waals surface area contributed by atoms with E-state index in [1.165, 1.54) is 12.1 Å². The molecule has 1 aliphatic heterocycles. The van der Waals surface area contributed by atoms with E-state index in [1.807, 2.05) is 0 Å². The number of nitrogens with two attached hydrogens (primary N) is 1. The van der Waals surface area contributed by atoms with Gasteiger partial charge in [-0.05, 0) is 18.2 Å². The molecule has 4 amide bonds. The topological polar surface area (TPSA) is 194 Å². The minimum atomic E-state index is -0.446. The van der Waals surface area contributed by atoms with E-state index in [2.05, 4.69) is 21.3 Å². The van der Waals surface area contributed by atoms with Gasteiger partial charge in [-0.1, -0.05) is 0 Å². The van der Waals surface area contributed by atoms with Crippen LogP contribution in [0.4, 0.5) is 17.1 Å². The molecule has 1 fully saturated rings. The summed E-state index contributed by atoms with van der Waals surface area (Å²) in [7, 11) is 5.02. The van der Waals surface area contributed by atoms with Crippen LogP contribution in [0.3, 0.4) is 0 Å². The lowest BCUT2D eigenvalue weighted by Gasteiger charge is -2.04. The van der Waals surface area contributed by atoms with Crippen LogP contribution in [0, 0.1) is 5.41 Å². The zero-order chi connectivity index (χ0) is 27.6. The highest BCUT2D eigenvalue weighted by Gasteiger charge is 2.31. The molecular weight excluding hydrogens is 494 g/mol. The number of rotatable bonds is 10. The molecule has 0 bridgehead atoms. The van der Waals surface area contributed by atoms with Gasteiger partial charge < -0.3 is 45.4 Å². The van der Waals surface area contributed by atoms with Crippen LogP contribution >= 0.6 is 0 Å². The molecule has 14 nitrogen and oxygen atoms in total. The Labute approximate surface area is 217 Å². The highest BCUT2D eigenvalue weighted by Crippen LogP contribution is 2.20. The lowest BCUT2D eigenvalue weighted by atomic mass is 10.3. The maximum Gasteiger partial charge on any atom is 0.272 e. The van der Waals surface area contributed by atoms with Crippen LogP contribution in [0.5, 0.6) is 0 Å². The Kier molecular flexibility index (Phi) is 7.34. The van der Waals surface area contributed by atoms with E-state index >= 15 is 0 Å². The van der Waals surface area contributed by atoms with Crippen LogP contribution in [-0.2, 0) is 30.7 Å². The first kappa shape index (κ1) is 26.2. The lowest BCUT2D eigenvalue weighted by Crippen LogP contribution is -2.28. The first-order valence-electron chi connectivity index (χ1n) is 11.7. The van der Waals surface area contributed by atoms with Crippen molar-refractivity contribution in [3.63, 3.8) is 0 Å². The van der Waals surface area contributed by atoms with Crippen LogP contribution in [0.25, 0.3) is 0 Å². The van der Waals surface area contributed by atoms with Crippen molar-refractivity contribution in [2.24, 2.45) is 26.9 Å². The zero-order valence-electron chi connectivity index (χ0n) is 21.1. The highest BCUT2D eigenvalue weighted by atomic mass is 16.6. The molecule has 0 radical (unpaired) electrons. The molecule has 0 spiro atoms. The second-order valence-electron chi connectivity index (χ2n) is 8.93. The van der Waals surface area contributed by atoms with Crippen LogP contribution in [-0.4, -0.2) is 62.4 Å². The summed E-state index contributed by atoms with van der Waals surface area (Å²) in [6.45, 7) is 0.617. The van der Waals surface area contributed by atoms with Crippen molar-refractivity contribution < 1.29 is 23.9 Å². The molecular formula is C24H29N9O5. The molecule has 7 N–H and O–H groups in total. The largest absolute Gasteiger partial charge is 0.388 e. The quantitative estimate of drug-likeness (QED) is 0.128. The molecule has 3 aromatic rings. The van der Waals surface area contributed by atoms with Gasteiger partial charge in [0.15, 0.2) is 6.10 Å². The number of aryl methyl sites for hydroxylation is 3. The molecule has 0 aromatic carbocycles. The maximum absolute atomic E-state index is 12.9. The summed E-state index contributed by atoms with van der Waals surface area (Å²) in [4.78, 5) is 50.0. The van der Waals surface area contributed by atoms with Gasteiger partial charge in [0.2, 0.25) is 0 Å². The number of anilines is 3. The number of ether oxygens (including phenoxy) is 1. The minimum absolute atomic E-state index is 0.0235. The predicted octanol–water partition coefficient (Wildman–Crippen LogP) is 0.600. The van der Waals surface area contributed by atoms with E-state index in [0.717, 1.165) is 0 Å². The third-order valence-electron chi connectivity index (χ3n) is 5.80. The summed E-state index contributed by atoms with van der Waals surface area (Å²) in [5.41, 5.74) is 7.50. The molecule has 1 atom stereocenters. The van der Waals surface area contributed by atoms with E-state index < -0.39 is 17.9 Å². The predicted molar refractivity (Wildman–Crippen MR) is 139 cm³/mol. The molecule has 1 saturated heterocycles. The molecule has 0 unspecified atom stereocenters. The minimum Gasteiger partial charge on any atom is -0.388 e. The third-order valence-corrected chi connectivity index (χ3v) is 5.80. The number of amidine groups is 1. The number of hydrogen-bond acceptors (Lipinski definition) is 6. The van der Waals surface area contributed by atoms with Gasteiger partial charge in [0.1, 0.15) is 17.1 Å². The fourth-order valence-corrected chi connectivity index (χ4v) is 3.79. The molecule has 14 heteroatoms. The van der Waals surface area contributed by atoms with Crippen LogP contribution in [0.2, 0.25) is 0 Å². The maximum atomic E-state index is 12.9. The summed E-state index contributed by atoms with van der Waals surface area (Å²) in [5, 5.41) is 18.1. The molecule has 4 heterocycles. The van der Waals surface area contributed by atoms with Crippen molar-refractivity contribution in [1.82, 2.24) is 19.0 Å². The Morgan fingerprint density at radius 1 is 0.842 bits per heavy atom. The normalized spacial score (nSPS) is 14.0. The van der Waals surface area contributed by atoms with Crippen molar-refractivity contribution in [2.75, 3.05) is 29.1 Å². The summed E-state index contributed by atoms with van der Waals surface area (Å²) in [6, 6.07) is 4.62. The van der Waals surface area contributed by atoms with Crippen LogP contribution in [0.1, 0.15) is 37.9 Å². The number of nitrogens with zero attached hydrogens (tertiary/aromatic N) is 3. The Morgan fingerprint density at radius 3 is 1.68 bits per heavy atom. The van der Waals surface area contributed by atoms with Crippen LogP contribution in [0.15, 0.2) is 36.8 Å². The van der Waals surface area contributed by atoms with Gasteiger partial charge in [0.05, 0.1) is 29.5 Å². The van der Waals surface area contributed by atoms with E-state index in [4.69, 9.17) is 15.9 Å². The van der Waals surface area contributed by atoms with Gasteiger partial charge in [0.25, 0.3) is 23.6 Å². The highest BCUT2D eigenvalue weighted by molar-refractivity contribution is 6.08. The number of carbonyl (C=O) groups is 4. The number of carbonyl (C=O) groups excluding carboxylic acids is 4. The van der Waals surface area contributed by atoms with Crippen LogP contribution < -0.4 is 27.0 Å². The average Bonchev–Trinajstić information content (AvgIpc) is 3.41. The van der Waals surface area contributed by atoms with E-state index in [0.29, 0.717) is 35.1 Å². The third kappa shape index (κ3) is 6.10. The van der Waals surface area contributed by atoms with Crippen molar-refractivity contribution in [3.05, 3.63) is 53.9 Å². The molecule has 1 aliphatic rings. The smallest absolute Gasteiger partial charge is 0.272 e. The second kappa shape index (κ2) is 10.6. The summed E-state index contributed by atoms with van der Waals surface area (Å²) < 4.78 is 9.67. The van der Waals surface area contributed by atoms with E-state index in [1.54, 1.807) is 59.5 Å². The second-order valence-corrected chi connectivity index (χ2v) is 8.93. The lowest BCUT2D eigenvalue weighted by molar-refractivity contribution is -0.117. The Morgan fingerprint density at radius 2 is 1.26 bits per heavy atom. The molecule has 200 valence electrons. The zero-order valence-corrected chi connectivity index (χ0v) is 21.1. The number of hydrogen-bond donors (Lipinski definition) is 6. The standard InChI is InChI=1S/C24H29N9O5/c1-31-9-13(6-16(31)21(34)27-5-4-20(25)26)28-22(35)17-7-14(10-32(17)2)29-23(36)18-8-15(11-33(18)3)30-24(37)19-12-38-19/h6-11,19H,4-5,12H2,1-3H3,(H3,25,26)(H,27,34)(H,28,35)(H,29,36)(H,30,37)/t19-/m1/s1. The van der Waals surface area contributed by atoms with Crippen molar-refractivity contribution in [2.45, 2.75) is 12.5 Å². The number of aromatic nitrogens is 3. The van der Waals surface area contributed by atoms with Gasteiger partial charge in [-0.25, -0.2) is 0 Å². The average molecular weight is 524 g/mol. The summed E-state index contributed by atoms with van der Waals surface area (Å²) in [6.07, 6.45) is 4.62. The van der Waals surface area contributed by atoms with E-state index in [-0.39, 0.29) is 36.3 Å². The van der Waals surface area contributed by atoms with Gasteiger partial charge in [0, 0.05) is 52.7 Å². The molecule has 0 saturated carbocycles. The fourth-order valence-electron chi connectivity index (χ4n) is 3.79. The summed E-state index contributed by atoms with van der Waals surface area (Å²) in [5.74, 6) is -1.50. The monoisotopic (exact) mass is 523 g/mol. The Balaban J connectivity index is 1.38.